The van der Waals surface area contributed by atoms with Gasteiger partial charge in [0.15, 0.2) is 5.96 Å². The van der Waals surface area contributed by atoms with Crippen LogP contribution in [0, 0.1) is 5.92 Å². The van der Waals surface area contributed by atoms with Crippen LogP contribution in [0.2, 0.25) is 0 Å². The molecule has 1 amide bonds. The molecule has 0 spiro atoms. The van der Waals surface area contributed by atoms with Gasteiger partial charge >= 0.3 is 0 Å². The van der Waals surface area contributed by atoms with Crippen molar-refractivity contribution in [3.63, 3.8) is 0 Å². The van der Waals surface area contributed by atoms with Crippen LogP contribution in [0.4, 0.5) is 0 Å². The predicted octanol–water partition coefficient (Wildman–Crippen LogP) is 2.77. The summed E-state index contributed by atoms with van der Waals surface area (Å²) in [5.41, 5.74) is 2.21. The molecule has 1 atom stereocenters. The van der Waals surface area contributed by atoms with Crippen LogP contribution in [0.3, 0.4) is 0 Å². The minimum absolute atomic E-state index is 0.259. The van der Waals surface area contributed by atoms with Crippen molar-refractivity contribution in [2.45, 2.75) is 57.5 Å². The second-order valence-electron chi connectivity index (χ2n) is 8.53. The smallest absolute Gasteiger partial charge is 0.225 e. The number of nitrogens with one attached hydrogen (secondary N) is 2. The number of carbonyl (C=O) groups is 1. The van der Waals surface area contributed by atoms with Gasteiger partial charge in [0.25, 0.3) is 0 Å². The van der Waals surface area contributed by atoms with E-state index in [4.69, 9.17) is 0 Å². The number of rotatable bonds is 6. The van der Waals surface area contributed by atoms with E-state index in [1.807, 2.05) is 18.5 Å². The molecular weight excluding hydrogens is 376 g/mol. The molecule has 2 aromatic rings. The monoisotopic (exact) mass is 410 g/mol. The molecule has 2 fully saturated rings. The molecule has 2 aliphatic rings. The Morgan fingerprint density at radius 3 is 2.87 bits per heavy atom. The van der Waals surface area contributed by atoms with Crippen molar-refractivity contribution in [1.29, 1.82) is 0 Å². The normalized spacial score (nSPS) is 20.6. The van der Waals surface area contributed by atoms with E-state index in [0.717, 1.165) is 63.3 Å². The first-order chi connectivity index (χ1) is 14.7. The van der Waals surface area contributed by atoms with E-state index in [9.17, 15) is 4.79 Å². The van der Waals surface area contributed by atoms with Crippen LogP contribution < -0.4 is 10.6 Å². The second-order valence-corrected chi connectivity index (χ2v) is 8.53. The van der Waals surface area contributed by atoms with Crippen molar-refractivity contribution in [2.75, 3.05) is 26.7 Å². The molecule has 1 saturated carbocycles. The van der Waals surface area contributed by atoms with Gasteiger partial charge in [-0.3, -0.25) is 9.79 Å². The Bertz CT molecular complexity index is 869. The molecule has 2 N–H and O–H groups in total. The zero-order chi connectivity index (χ0) is 20.8. The highest BCUT2D eigenvalue weighted by Gasteiger charge is 2.31. The first kappa shape index (κ1) is 20.7. The molecule has 30 heavy (non-hydrogen) atoms. The van der Waals surface area contributed by atoms with E-state index in [-0.39, 0.29) is 12.0 Å². The van der Waals surface area contributed by atoms with Gasteiger partial charge in [0.05, 0.1) is 17.4 Å². The highest BCUT2D eigenvalue weighted by molar-refractivity contribution is 5.81. The van der Waals surface area contributed by atoms with E-state index in [0.29, 0.717) is 5.91 Å². The maximum Gasteiger partial charge on any atom is 0.225 e. The summed E-state index contributed by atoms with van der Waals surface area (Å²) in [4.78, 5) is 23.6. The lowest BCUT2D eigenvalue weighted by atomic mass is 9.88. The van der Waals surface area contributed by atoms with Crippen LogP contribution in [0.25, 0.3) is 11.0 Å². The van der Waals surface area contributed by atoms with Gasteiger partial charge in [0, 0.05) is 45.2 Å². The lowest BCUT2D eigenvalue weighted by Crippen LogP contribution is -2.45. The third kappa shape index (κ3) is 4.94. The summed E-state index contributed by atoms with van der Waals surface area (Å²) < 4.78 is 2.19. The zero-order valence-corrected chi connectivity index (χ0v) is 18.0. The van der Waals surface area contributed by atoms with Crippen molar-refractivity contribution in [3.05, 3.63) is 30.6 Å². The van der Waals surface area contributed by atoms with E-state index in [1.54, 1.807) is 7.05 Å². The average Bonchev–Trinajstić information content (AvgIpc) is 3.43. The number of aromatic nitrogens is 2. The Kier molecular flexibility index (Phi) is 6.87. The Hall–Kier alpha value is -2.57. The number of hydrogen-bond acceptors (Lipinski definition) is 3. The van der Waals surface area contributed by atoms with E-state index >= 15 is 0 Å². The minimum Gasteiger partial charge on any atom is -0.356 e. The summed E-state index contributed by atoms with van der Waals surface area (Å²) in [5.74, 6) is 1.45. The first-order valence-electron chi connectivity index (χ1n) is 11.4. The standard InChI is InChI=1S/C23H34N6O/c1-24-23(25-13-7-14-29-17-26-20-10-5-6-11-21(20)29)27-19-12-15-28(16-19)22(30)18-8-3-2-4-9-18/h5-6,10-11,17-19H,2-4,7-9,12-16H2,1H3,(H2,24,25,27). The Balaban J connectivity index is 1.19. The van der Waals surface area contributed by atoms with Crippen molar-refractivity contribution in [3.8, 4) is 0 Å². The van der Waals surface area contributed by atoms with Gasteiger partial charge in [0.1, 0.15) is 0 Å². The van der Waals surface area contributed by atoms with Crippen molar-refractivity contribution < 1.29 is 4.79 Å². The lowest BCUT2D eigenvalue weighted by molar-refractivity contribution is -0.135. The quantitative estimate of drug-likeness (QED) is 0.436. The molecule has 0 radical (unpaired) electrons. The molecule has 0 bridgehead atoms. The van der Waals surface area contributed by atoms with Crippen molar-refractivity contribution >= 4 is 22.9 Å². The van der Waals surface area contributed by atoms with Crippen molar-refractivity contribution in [2.24, 2.45) is 10.9 Å². The Morgan fingerprint density at radius 2 is 2.03 bits per heavy atom. The number of para-hydroxylation sites is 2. The summed E-state index contributed by atoms with van der Waals surface area (Å²) in [6.45, 7) is 3.40. The number of fused-ring (bicyclic) bond motifs is 1. The molecule has 2 heterocycles. The van der Waals surface area contributed by atoms with Crippen LogP contribution >= 0.6 is 0 Å². The number of guanidine groups is 1. The molecule has 1 unspecified atom stereocenters. The molecule has 1 aliphatic heterocycles. The maximum absolute atomic E-state index is 12.8. The van der Waals surface area contributed by atoms with Crippen LogP contribution in [-0.2, 0) is 11.3 Å². The number of benzene rings is 1. The summed E-state index contributed by atoms with van der Waals surface area (Å²) in [6, 6.07) is 8.50. The first-order valence-corrected chi connectivity index (χ1v) is 11.4. The number of nitrogens with zero attached hydrogens (tertiary/aromatic N) is 4. The fraction of sp³-hybridized carbons (Fsp3) is 0.609. The van der Waals surface area contributed by atoms with Gasteiger partial charge in [-0.15, -0.1) is 0 Å². The van der Waals surface area contributed by atoms with E-state index in [2.05, 4.69) is 42.2 Å². The molecule has 7 nitrogen and oxygen atoms in total. The van der Waals surface area contributed by atoms with Crippen LogP contribution in [-0.4, -0.2) is 59.0 Å². The number of imidazole rings is 1. The van der Waals surface area contributed by atoms with Gasteiger partial charge in [-0.25, -0.2) is 4.98 Å². The van der Waals surface area contributed by atoms with Crippen LogP contribution in [0.5, 0.6) is 0 Å². The number of hydrogen-bond donors (Lipinski definition) is 2. The Labute approximate surface area is 178 Å². The third-order valence-corrected chi connectivity index (χ3v) is 6.41. The third-order valence-electron chi connectivity index (χ3n) is 6.41. The topological polar surface area (TPSA) is 74.6 Å². The molecule has 1 aliphatic carbocycles. The zero-order valence-electron chi connectivity index (χ0n) is 18.0. The SMILES string of the molecule is CN=C(NCCCn1cnc2ccccc21)NC1CCN(C(=O)C2CCCCC2)C1. The number of aliphatic imine (C=N–C) groups is 1. The molecule has 1 aromatic carbocycles. The molecule has 4 rings (SSSR count). The molecule has 7 heteroatoms. The largest absolute Gasteiger partial charge is 0.356 e. The molecule has 1 aromatic heterocycles. The van der Waals surface area contributed by atoms with Crippen LogP contribution in [0.1, 0.15) is 44.9 Å². The van der Waals surface area contributed by atoms with Gasteiger partial charge in [-0.2, -0.15) is 0 Å². The highest BCUT2D eigenvalue weighted by Crippen LogP contribution is 2.26. The summed E-state index contributed by atoms with van der Waals surface area (Å²) in [5, 5.41) is 6.92. The number of aryl methyl sites for hydroxylation is 1. The lowest BCUT2D eigenvalue weighted by Gasteiger charge is -2.26. The fourth-order valence-corrected chi connectivity index (χ4v) is 4.72. The number of likely N-dealkylation sites (tertiary alicyclic amines) is 1. The van der Waals surface area contributed by atoms with Gasteiger partial charge in [-0.1, -0.05) is 31.4 Å². The molecular formula is C23H34N6O. The number of amides is 1. The highest BCUT2D eigenvalue weighted by atomic mass is 16.2. The average molecular weight is 411 g/mol. The predicted molar refractivity (Wildman–Crippen MR) is 120 cm³/mol. The van der Waals surface area contributed by atoms with Gasteiger partial charge in [-0.05, 0) is 37.8 Å². The van der Waals surface area contributed by atoms with Crippen LogP contribution in [0.15, 0.2) is 35.6 Å². The Morgan fingerprint density at radius 1 is 1.20 bits per heavy atom. The summed E-state index contributed by atoms with van der Waals surface area (Å²) in [7, 11) is 1.80. The fourth-order valence-electron chi connectivity index (χ4n) is 4.72. The summed E-state index contributed by atoms with van der Waals surface area (Å²) >= 11 is 0. The maximum atomic E-state index is 12.8. The molecule has 1 saturated heterocycles. The second kappa shape index (κ2) is 9.96. The van der Waals surface area contributed by atoms with Gasteiger partial charge in [0.2, 0.25) is 5.91 Å². The van der Waals surface area contributed by atoms with Crippen molar-refractivity contribution in [1.82, 2.24) is 25.1 Å². The van der Waals surface area contributed by atoms with E-state index < -0.39 is 0 Å². The number of carbonyl (C=O) groups excluding carboxylic acids is 1. The van der Waals surface area contributed by atoms with Gasteiger partial charge < -0.3 is 20.1 Å². The molecule has 162 valence electrons. The minimum atomic E-state index is 0.259. The van der Waals surface area contributed by atoms with E-state index in [1.165, 1.54) is 24.8 Å². The summed E-state index contributed by atoms with van der Waals surface area (Å²) in [6.07, 6.45) is 9.72.